The van der Waals surface area contributed by atoms with E-state index in [9.17, 15) is 9.59 Å². The number of rotatable bonds is 6. The van der Waals surface area contributed by atoms with Gasteiger partial charge in [-0.1, -0.05) is 19.8 Å². The molecule has 0 radical (unpaired) electrons. The number of aliphatic carboxylic acids is 1. The Labute approximate surface area is 114 Å². The summed E-state index contributed by atoms with van der Waals surface area (Å²) >= 11 is 3.21. The molecule has 1 amide bonds. The van der Waals surface area contributed by atoms with Crippen LogP contribution in [-0.4, -0.2) is 28.0 Å². The summed E-state index contributed by atoms with van der Waals surface area (Å²) in [6.07, 6.45) is 3.54. The molecular formula is C12H15BrN2O3. The van der Waals surface area contributed by atoms with E-state index >= 15 is 0 Å². The summed E-state index contributed by atoms with van der Waals surface area (Å²) in [5.41, 5.74) is 0.195. The SMILES string of the molecule is CCCC[C@H](NC(=O)c1ncccc1Br)C(=O)O. The number of carbonyl (C=O) groups is 2. The Balaban J connectivity index is 2.72. The van der Waals surface area contributed by atoms with Crippen LogP contribution in [0.15, 0.2) is 22.8 Å². The van der Waals surface area contributed by atoms with E-state index < -0.39 is 17.9 Å². The number of nitrogens with zero attached hydrogens (tertiary/aromatic N) is 1. The number of hydrogen-bond acceptors (Lipinski definition) is 3. The predicted octanol–water partition coefficient (Wildman–Crippen LogP) is 2.22. The number of carboxylic acids is 1. The highest BCUT2D eigenvalue weighted by molar-refractivity contribution is 9.10. The molecule has 0 aliphatic carbocycles. The second kappa shape index (κ2) is 7.10. The Morgan fingerprint density at radius 3 is 2.83 bits per heavy atom. The van der Waals surface area contributed by atoms with Crippen LogP contribution in [0.5, 0.6) is 0 Å². The molecule has 1 rings (SSSR count). The van der Waals surface area contributed by atoms with Crippen molar-refractivity contribution in [1.82, 2.24) is 10.3 Å². The molecule has 0 aromatic carbocycles. The van der Waals surface area contributed by atoms with Crippen LogP contribution in [0.1, 0.15) is 36.7 Å². The zero-order chi connectivity index (χ0) is 13.5. The summed E-state index contributed by atoms with van der Waals surface area (Å²) in [6.45, 7) is 1.97. The van der Waals surface area contributed by atoms with Gasteiger partial charge in [-0.25, -0.2) is 9.78 Å². The molecule has 1 atom stereocenters. The Kier molecular flexibility index (Phi) is 5.77. The fourth-order valence-corrected chi connectivity index (χ4v) is 1.88. The standard InChI is InChI=1S/C12H15BrN2O3/c1-2-3-6-9(12(17)18)15-11(16)10-8(13)5-4-7-14-10/h4-5,7,9H,2-3,6H2,1H3,(H,15,16)(H,17,18)/t9-/m0/s1. The average molecular weight is 315 g/mol. The minimum atomic E-state index is -1.02. The monoisotopic (exact) mass is 314 g/mol. The van der Waals surface area contributed by atoms with Crippen LogP contribution in [0.3, 0.4) is 0 Å². The van der Waals surface area contributed by atoms with E-state index in [2.05, 4.69) is 26.2 Å². The normalized spacial score (nSPS) is 11.9. The number of nitrogens with one attached hydrogen (secondary N) is 1. The Hall–Kier alpha value is -1.43. The molecule has 5 nitrogen and oxygen atoms in total. The van der Waals surface area contributed by atoms with Gasteiger partial charge >= 0.3 is 5.97 Å². The summed E-state index contributed by atoms with van der Waals surface area (Å²) in [5.74, 6) is -1.50. The first-order chi connectivity index (χ1) is 8.56. The minimum absolute atomic E-state index is 0.195. The summed E-state index contributed by atoms with van der Waals surface area (Å²) in [6, 6.07) is 2.50. The van der Waals surface area contributed by atoms with Crippen LogP contribution in [0.25, 0.3) is 0 Å². The van der Waals surface area contributed by atoms with Crippen molar-refractivity contribution in [3.8, 4) is 0 Å². The number of pyridine rings is 1. The summed E-state index contributed by atoms with van der Waals surface area (Å²) < 4.78 is 0.544. The largest absolute Gasteiger partial charge is 0.480 e. The zero-order valence-electron chi connectivity index (χ0n) is 10.0. The number of amides is 1. The van der Waals surface area contributed by atoms with Crippen LogP contribution in [-0.2, 0) is 4.79 Å². The van der Waals surface area contributed by atoms with Crippen molar-refractivity contribution >= 4 is 27.8 Å². The Morgan fingerprint density at radius 2 is 2.28 bits per heavy atom. The van der Waals surface area contributed by atoms with Crippen LogP contribution >= 0.6 is 15.9 Å². The van der Waals surface area contributed by atoms with E-state index in [0.29, 0.717) is 10.9 Å². The number of halogens is 1. The van der Waals surface area contributed by atoms with Gasteiger partial charge in [-0.2, -0.15) is 0 Å². The summed E-state index contributed by atoms with van der Waals surface area (Å²) in [4.78, 5) is 26.8. The lowest BCUT2D eigenvalue weighted by Crippen LogP contribution is -2.41. The maximum atomic E-state index is 11.9. The fraction of sp³-hybridized carbons (Fsp3) is 0.417. The third-order valence-corrected chi connectivity index (χ3v) is 3.06. The molecule has 6 heteroatoms. The summed E-state index contributed by atoms with van der Waals surface area (Å²) in [5, 5.41) is 11.5. The first-order valence-electron chi connectivity index (χ1n) is 5.70. The van der Waals surface area contributed by atoms with Gasteiger partial charge in [0.2, 0.25) is 0 Å². The maximum absolute atomic E-state index is 11.9. The third kappa shape index (κ3) is 4.10. The average Bonchev–Trinajstić information content (AvgIpc) is 2.34. The first kappa shape index (κ1) is 14.6. The molecule has 18 heavy (non-hydrogen) atoms. The van der Waals surface area contributed by atoms with Gasteiger partial charge in [0.15, 0.2) is 0 Å². The molecule has 1 heterocycles. The lowest BCUT2D eigenvalue weighted by atomic mass is 10.1. The van der Waals surface area contributed by atoms with Crippen LogP contribution in [0.2, 0.25) is 0 Å². The molecule has 0 fully saturated rings. The molecule has 98 valence electrons. The summed E-state index contributed by atoms with van der Waals surface area (Å²) in [7, 11) is 0. The van der Waals surface area contributed by atoms with E-state index in [1.165, 1.54) is 6.20 Å². The third-order valence-electron chi connectivity index (χ3n) is 2.42. The van der Waals surface area contributed by atoms with Crippen LogP contribution < -0.4 is 5.32 Å². The molecule has 0 unspecified atom stereocenters. The number of hydrogen-bond donors (Lipinski definition) is 2. The van der Waals surface area contributed by atoms with Crippen molar-refractivity contribution in [2.45, 2.75) is 32.2 Å². The van der Waals surface area contributed by atoms with Gasteiger partial charge in [0.05, 0.1) is 0 Å². The lowest BCUT2D eigenvalue weighted by Gasteiger charge is -2.14. The van der Waals surface area contributed by atoms with Crippen molar-refractivity contribution in [2.24, 2.45) is 0 Å². The number of carboxylic acid groups (broad SMARTS) is 1. The van der Waals surface area contributed by atoms with Gasteiger partial charge in [0.25, 0.3) is 5.91 Å². The number of carbonyl (C=O) groups excluding carboxylic acids is 1. The molecule has 1 aromatic heterocycles. The van der Waals surface area contributed by atoms with Crippen molar-refractivity contribution in [1.29, 1.82) is 0 Å². The molecule has 0 spiro atoms. The van der Waals surface area contributed by atoms with Crippen molar-refractivity contribution in [3.05, 3.63) is 28.5 Å². The highest BCUT2D eigenvalue weighted by Crippen LogP contribution is 2.13. The van der Waals surface area contributed by atoms with E-state index in [1.54, 1.807) is 12.1 Å². The van der Waals surface area contributed by atoms with Gasteiger partial charge in [0, 0.05) is 10.7 Å². The topological polar surface area (TPSA) is 79.3 Å². The smallest absolute Gasteiger partial charge is 0.326 e. The Morgan fingerprint density at radius 1 is 1.56 bits per heavy atom. The van der Waals surface area contributed by atoms with E-state index in [-0.39, 0.29) is 5.69 Å². The van der Waals surface area contributed by atoms with Crippen molar-refractivity contribution in [2.75, 3.05) is 0 Å². The molecule has 0 saturated carbocycles. The second-order valence-corrected chi connectivity index (χ2v) is 4.69. The molecule has 2 N–H and O–H groups in total. The predicted molar refractivity (Wildman–Crippen MR) is 70.4 cm³/mol. The quantitative estimate of drug-likeness (QED) is 0.843. The van der Waals surface area contributed by atoms with Gasteiger partial charge in [-0.3, -0.25) is 4.79 Å². The van der Waals surface area contributed by atoms with Gasteiger partial charge in [0.1, 0.15) is 11.7 Å². The van der Waals surface area contributed by atoms with Gasteiger partial charge in [-0.15, -0.1) is 0 Å². The highest BCUT2D eigenvalue weighted by atomic mass is 79.9. The van der Waals surface area contributed by atoms with Crippen molar-refractivity contribution < 1.29 is 14.7 Å². The molecular weight excluding hydrogens is 300 g/mol. The zero-order valence-corrected chi connectivity index (χ0v) is 11.6. The fourth-order valence-electron chi connectivity index (χ4n) is 1.45. The van der Waals surface area contributed by atoms with Crippen molar-refractivity contribution in [3.63, 3.8) is 0 Å². The van der Waals surface area contributed by atoms with Crippen LogP contribution in [0.4, 0.5) is 0 Å². The van der Waals surface area contributed by atoms with Gasteiger partial charge in [-0.05, 0) is 34.5 Å². The molecule has 0 aliphatic rings. The lowest BCUT2D eigenvalue weighted by molar-refractivity contribution is -0.139. The Bertz CT molecular complexity index is 437. The van der Waals surface area contributed by atoms with Gasteiger partial charge < -0.3 is 10.4 Å². The maximum Gasteiger partial charge on any atom is 0.326 e. The second-order valence-electron chi connectivity index (χ2n) is 3.84. The minimum Gasteiger partial charge on any atom is -0.480 e. The highest BCUT2D eigenvalue weighted by Gasteiger charge is 2.21. The first-order valence-corrected chi connectivity index (χ1v) is 6.49. The van der Waals surface area contributed by atoms with Crippen LogP contribution in [0, 0.1) is 0 Å². The number of unbranched alkanes of at least 4 members (excludes halogenated alkanes) is 1. The molecule has 0 saturated heterocycles. The molecule has 0 aliphatic heterocycles. The molecule has 1 aromatic rings. The van der Waals surface area contributed by atoms with E-state index in [4.69, 9.17) is 5.11 Å². The van der Waals surface area contributed by atoms with E-state index in [0.717, 1.165) is 12.8 Å². The molecule has 0 bridgehead atoms. The van der Waals surface area contributed by atoms with E-state index in [1.807, 2.05) is 6.92 Å². The number of aromatic nitrogens is 1.